The standard InChI is InChI=1S/C18H17N5O5/c1-3-28-16-9-13(14(23(25)26)10-15(16)27-2)18(24)21-12-5-6-17(19-11-12)22-8-4-7-20-22/h4-11H,3H2,1-2H3,(H,21,24). The number of nitro groups is 1. The molecule has 10 heteroatoms. The third-order valence-corrected chi connectivity index (χ3v) is 3.77. The van der Waals surface area contributed by atoms with Gasteiger partial charge in [0.1, 0.15) is 5.56 Å². The average Bonchev–Trinajstić information content (AvgIpc) is 3.23. The van der Waals surface area contributed by atoms with Crippen LogP contribution in [0.4, 0.5) is 11.4 Å². The van der Waals surface area contributed by atoms with E-state index in [9.17, 15) is 14.9 Å². The first-order chi connectivity index (χ1) is 13.5. The number of carbonyl (C=O) groups excluding carboxylic acids is 1. The van der Waals surface area contributed by atoms with E-state index in [1.54, 1.807) is 42.2 Å². The van der Waals surface area contributed by atoms with E-state index in [-0.39, 0.29) is 22.7 Å². The van der Waals surface area contributed by atoms with Gasteiger partial charge in [0.05, 0.1) is 36.6 Å². The van der Waals surface area contributed by atoms with Crippen LogP contribution < -0.4 is 14.8 Å². The van der Waals surface area contributed by atoms with Crippen molar-refractivity contribution >= 4 is 17.3 Å². The van der Waals surface area contributed by atoms with Gasteiger partial charge < -0.3 is 14.8 Å². The fourth-order valence-electron chi connectivity index (χ4n) is 2.51. The van der Waals surface area contributed by atoms with E-state index in [1.807, 2.05) is 0 Å². The smallest absolute Gasteiger partial charge is 0.286 e. The van der Waals surface area contributed by atoms with Crippen LogP contribution in [0.3, 0.4) is 0 Å². The predicted molar refractivity (Wildman–Crippen MR) is 100 cm³/mol. The van der Waals surface area contributed by atoms with Crippen molar-refractivity contribution in [1.29, 1.82) is 0 Å². The maximum absolute atomic E-state index is 12.7. The van der Waals surface area contributed by atoms with Crippen molar-refractivity contribution in [3.63, 3.8) is 0 Å². The number of ether oxygens (including phenoxy) is 2. The summed E-state index contributed by atoms with van der Waals surface area (Å²) in [5, 5.41) is 18.1. The molecule has 0 aliphatic rings. The highest BCUT2D eigenvalue weighted by Gasteiger charge is 2.25. The van der Waals surface area contributed by atoms with Gasteiger partial charge in [-0.25, -0.2) is 9.67 Å². The second-order valence-electron chi connectivity index (χ2n) is 5.52. The fourth-order valence-corrected chi connectivity index (χ4v) is 2.51. The highest BCUT2D eigenvalue weighted by atomic mass is 16.6. The van der Waals surface area contributed by atoms with Crippen molar-refractivity contribution in [1.82, 2.24) is 14.8 Å². The number of nitro benzene ring substituents is 1. The molecule has 0 radical (unpaired) electrons. The number of anilines is 1. The molecule has 0 bridgehead atoms. The van der Waals surface area contributed by atoms with Crippen LogP contribution in [0.1, 0.15) is 17.3 Å². The first-order valence-electron chi connectivity index (χ1n) is 8.30. The monoisotopic (exact) mass is 383 g/mol. The van der Waals surface area contributed by atoms with E-state index < -0.39 is 10.8 Å². The average molecular weight is 383 g/mol. The van der Waals surface area contributed by atoms with Gasteiger partial charge in [0, 0.05) is 18.5 Å². The maximum Gasteiger partial charge on any atom is 0.286 e. The molecule has 3 rings (SSSR count). The normalized spacial score (nSPS) is 10.4. The molecule has 1 N–H and O–H groups in total. The van der Waals surface area contributed by atoms with Gasteiger partial charge in [0.25, 0.3) is 11.6 Å². The number of hydrogen-bond donors (Lipinski definition) is 1. The van der Waals surface area contributed by atoms with Crippen molar-refractivity contribution in [3.05, 3.63) is 64.6 Å². The van der Waals surface area contributed by atoms with Crippen LogP contribution >= 0.6 is 0 Å². The van der Waals surface area contributed by atoms with Gasteiger partial charge >= 0.3 is 0 Å². The maximum atomic E-state index is 12.7. The Bertz CT molecular complexity index is 986. The minimum absolute atomic E-state index is 0.148. The van der Waals surface area contributed by atoms with Crippen LogP contribution in [0.5, 0.6) is 11.5 Å². The highest BCUT2D eigenvalue weighted by molar-refractivity contribution is 6.07. The molecule has 0 saturated carbocycles. The Kier molecular flexibility index (Phi) is 5.49. The molecule has 144 valence electrons. The Labute approximate surface area is 159 Å². The number of aromatic nitrogens is 3. The zero-order valence-corrected chi connectivity index (χ0v) is 15.2. The zero-order chi connectivity index (χ0) is 20.1. The third-order valence-electron chi connectivity index (χ3n) is 3.77. The molecule has 28 heavy (non-hydrogen) atoms. The molecule has 10 nitrogen and oxygen atoms in total. The molecule has 0 aliphatic carbocycles. The number of amides is 1. The van der Waals surface area contributed by atoms with Crippen molar-refractivity contribution < 1.29 is 19.2 Å². The Morgan fingerprint density at radius 1 is 1.32 bits per heavy atom. The lowest BCUT2D eigenvalue weighted by molar-refractivity contribution is -0.385. The first kappa shape index (κ1) is 18.8. The molecular formula is C18H17N5O5. The summed E-state index contributed by atoms with van der Waals surface area (Å²) < 4.78 is 12.1. The first-order valence-corrected chi connectivity index (χ1v) is 8.30. The summed E-state index contributed by atoms with van der Waals surface area (Å²) in [6.45, 7) is 2.07. The number of rotatable bonds is 7. The lowest BCUT2D eigenvalue weighted by Crippen LogP contribution is -2.15. The van der Waals surface area contributed by atoms with Crippen molar-refractivity contribution in [2.75, 3.05) is 19.0 Å². The molecule has 0 spiro atoms. The Morgan fingerprint density at radius 2 is 2.14 bits per heavy atom. The zero-order valence-electron chi connectivity index (χ0n) is 15.2. The number of nitrogens with zero attached hydrogens (tertiary/aromatic N) is 4. The van der Waals surface area contributed by atoms with E-state index >= 15 is 0 Å². The SMILES string of the molecule is CCOc1cc(C(=O)Nc2ccc(-n3cccn3)nc2)c([N+](=O)[O-])cc1OC. The van der Waals surface area contributed by atoms with E-state index in [4.69, 9.17) is 9.47 Å². The van der Waals surface area contributed by atoms with Gasteiger partial charge in [0.2, 0.25) is 0 Å². The summed E-state index contributed by atoms with van der Waals surface area (Å²) in [7, 11) is 1.37. The minimum atomic E-state index is -0.663. The van der Waals surface area contributed by atoms with Gasteiger partial charge in [-0.3, -0.25) is 14.9 Å². The lowest BCUT2D eigenvalue weighted by Gasteiger charge is -2.12. The Morgan fingerprint density at radius 3 is 2.71 bits per heavy atom. The molecule has 2 aromatic heterocycles. The molecule has 0 atom stereocenters. The largest absolute Gasteiger partial charge is 0.493 e. The summed E-state index contributed by atoms with van der Waals surface area (Å²) >= 11 is 0. The van der Waals surface area contributed by atoms with Gasteiger partial charge in [-0.1, -0.05) is 0 Å². The summed E-state index contributed by atoms with van der Waals surface area (Å²) in [5.41, 5.74) is -0.159. The summed E-state index contributed by atoms with van der Waals surface area (Å²) in [6.07, 6.45) is 4.79. The second-order valence-corrected chi connectivity index (χ2v) is 5.52. The van der Waals surface area contributed by atoms with E-state index in [2.05, 4.69) is 15.4 Å². The van der Waals surface area contributed by atoms with Gasteiger partial charge in [0.15, 0.2) is 17.3 Å². The molecule has 0 saturated heterocycles. The van der Waals surface area contributed by atoms with Crippen LogP contribution in [-0.2, 0) is 0 Å². The fraction of sp³-hybridized carbons (Fsp3) is 0.167. The molecule has 1 amide bonds. The molecule has 1 aromatic carbocycles. The van der Waals surface area contributed by atoms with Crippen molar-refractivity contribution in [2.45, 2.75) is 6.92 Å². The van der Waals surface area contributed by atoms with Crippen molar-refractivity contribution in [3.8, 4) is 17.3 Å². The van der Waals surface area contributed by atoms with Crippen LogP contribution in [-0.4, -0.2) is 39.3 Å². The van der Waals surface area contributed by atoms with E-state index in [0.717, 1.165) is 0 Å². The quantitative estimate of drug-likeness (QED) is 0.492. The minimum Gasteiger partial charge on any atom is -0.493 e. The van der Waals surface area contributed by atoms with Crippen molar-refractivity contribution in [2.24, 2.45) is 0 Å². The predicted octanol–water partition coefficient (Wildman–Crippen LogP) is 2.84. The number of pyridine rings is 1. The molecule has 0 aliphatic heterocycles. The topological polar surface area (TPSA) is 121 Å². The summed E-state index contributed by atoms with van der Waals surface area (Å²) in [5.74, 6) is 0.323. The van der Waals surface area contributed by atoms with E-state index in [0.29, 0.717) is 18.1 Å². The third kappa shape index (κ3) is 3.90. The Balaban J connectivity index is 1.88. The number of benzene rings is 1. The van der Waals surface area contributed by atoms with Gasteiger partial charge in [-0.15, -0.1) is 0 Å². The second kappa shape index (κ2) is 8.16. The van der Waals surface area contributed by atoms with Crippen LogP contribution in [0.2, 0.25) is 0 Å². The number of nitrogens with one attached hydrogen (secondary N) is 1. The number of carbonyl (C=O) groups is 1. The number of hydrogen-bond acceptors (Lipinski definition) is 7. The summed E-state index contributed by atoms with van der Waals surface area (Å²) in [4.78, 5) is 27.6. The molecule has 3 aromatic rings. The lowest BCUT2D eigenvalue weighted by atomic mass is 10.1. The summed E-state index contributed by atoms with van der Waals surface area (Å²) in [6, 6.07) is 7.51. The van der Waals surface area contributed by atoms with Crippen LogP contribution in [0.15, 0.2) is 48.9 Å². The Hall–Kier alpha value is -3.95. The number of methoxy groups -OCH3 is 1. The molecule has 0 fully saturated rings. The van der Waals surface area contributed by atoms with Crippen LogP contribution in [0, 0.1) is 10.1 Å². The highest BCUT2D eigenvalue weighted by Crippen LogP contribution is 2.35. The molecular weight excluding hydrogens is 366 g/mol. The molecule has 0 unspecified atom stereocenters. The van der Waals surface area contributed by atoms with Crippen LogP contribution in [0.25, 0.3) is 5.82 Å². The van der Waals surface area contributed by atoms with E-state index in [1.165, 1.54) is 25.4 Å². The van der Waals surface area contributed by atoms with Gasteiger partial charge in [-0.05, 0) is 25.1 Å². The molecule has 2 heterocycles. The van der Waals surface area contributed by atoms with Gasteiger partial charge in [-0.2, -0.15) is 5.10 Å².